The van der Waals surface area contributed by atoms with Gasteiger partial charge >= 0.3 is 0 Å². The third-order valence-corrected chi connectivity index (χ3v) is 2.58. The predicted molar refractivity (Wildman–Crippen MR) is 54.9 cm³/mol. The minimum absolute atomic E-state index is 0.888. The molecule has 3 heteroatoms. The highest BCUT2D eigenvalue weighted by Gasteiger charge is 2.27. The Hall–Kier alpha value is 0.400. The van der Waals surface area contributed by atoms with Crippen molar-refractivity contribution in [1.29, 1.82) is 0 Å². The first-order chi connectivity index (χ1) is 5.88. The van der Waals surface area contributed by atoms with Gasteiger partial charge in [0.2, 0.25) is 0 Å². The maximum absolute atomic E-state index is 5.03. The number of hydrogen-bond donors (Lipinski definition) is 0. The van der Waals surface area contributed by atoms with E-state index in [1.807, 2.05) is 0 Å². The molecule has 0 aromatic heterocycles. The molecule has 1 aliphatic carbocycles. The van der Waals surface area contributed by atoms with E-state index < -0.39 is 0 Å². The second-order valence-corrected chi connectivity index (χ2v) is 4.10. The topological polar surface area (TPSA) is 12.5 Å². The van der Waals surface area contributed by atoms with Crippen LogP contribution in [-0.2, 0) is 4.74 Å². The van der Waals surface area contributed by atoms with Crippen molar-refractivity contribution < 1.29 is 4.74 Å². The van der Waals surface area contributed by atoms with Crippen LogP contribution >= 0.6 is 15.9 Å². The van der Waals surface area contributed by atoms with Crippen LogP contribution in [0.5, 0.6) is 0 Å². The Morgan fingerprint density at radius 2 is 2.17 bits per heavy atom. The highest BCUT2D eigenvalue weighted by Crippen LogP contribution is 2.26. The van der Waals surface area contributed by atoms with Gasteiger partial charge in [0.15, 0.2) is 0 Å². The molecule has 1 aliphatic rings. The van der Waals surface area contributed by atoms with Crippen LogP contribution in [0.2, 0.25) is 0 Å². The lowest BCUT2D eigenvalue weighted by atomic mass is 10.4. The first kappa shape index (κ1) is 10.5. The van der Waals surface area contributed by atoms with E-state index in [0.29, 0.717) is 0 Å². The van der Waals surface area contributed by atoms with Gasteiger partial charge < -0.3 is 4.74 Å². The summed E-state index contributed by atoms with van der Waals surface area (Å²) in [6.07, 6.45) is 3.97. The first-order valence-electron chi connectivity index (χ1n) is 4.67. The zero-order valence-corrected chi connectivity index (χ0v) is 9.35. The molecule has 0 saturated heterocycles. The van der Waals surface area contributed by atoms with E-state index in [1.165, 1.54) is 32.4 Å². The molecule has 0 aromatic carbocycles. The summed E-state index contributed by atoms with van der Waals surface area (Å²) in [7, 11) is 1.77. The van der Waals surface area contributed by atoms with Crippen molar-refractivity contribution in [3.05, 3.63) is 0 Å². The number of ether oxygens (including phenoxy) is 1. The number of rotatable bonds is 7. The van der Waals surface area contributed by atoms with Crippen molar-refractivity contribution in [2.45, 2.75) is 25.3 Å². The number of halogens is 1. The molecule has 0 bridgehead atoms. The Morgan fingerprint density at radius 1 is 1.42 bits per heavy atom. The summed E-state index contributed by atoms with van der Waals surface area (Å²) in [6.45, 7) is 3.28. The van der Waals surface area contributed by atoms with Crippen LogP contribution < -0.4 is 0 Å². The molecule has 0 amide bonds. The van der Waals surface area contributed by atoms with Crippen molar-refractivity contribution in [3.8, 4) is 0 Å². The molecule has 0 aromatic rings. The number of methoxy groups -OCH3 is 1. The summed E-state index contributed by atoms with van der Waals surface area (Å²) in [5, 5.41) is 1.09. The summed E-state index contributed by atoms with van der Waals surface area (Å²) < 4.78 is 5.03. The largest absolute Gasteiger partial charge is 0.385 e. The van der Waals surface area contributed by atoms with Gasteiger partial charge in [0, 0.05) is 38.2 Å². The van der Waals surface area contributed by atoms with E-state index in [9.17, 15) is 0 Å². The molecule has 0 radical (unpaired) electrons. The molecule has 0 aliphatic heterocycles. The van der Waals surface area contributed by atoms with Gasteiger partial charge in [-0.1, -0.05) is 15.9 Å². The van der Waals surface area contributed by atoms with E-state index in [-0.39, 0.29) is 0 Å². The van der Waals surface area contributed by atoms with Crippen LogP contribution in [0.3, 0.4) is 0 Å². The molecule has 0 unspecified atom stereocenters. The zero-order valence-electron chi connectivity index (χ0n) is 7.76. The molecular weight excluding hydrogens is 218 g/mol. The summed E-state index contributed by atoms with van der Waals surface area (Å²) in [5.74, 6) is 0. The highest BCUT2D eigenvalue weighted by molar-refractivity contribution is 9.09. The summed E-state index contributed by atoms with van der Waals surface area (Å²) in [5.41, 5.74) is 0. The molecule has 0 heterocycles. The van der Waals surface area contributed by atoms with Crippen LogP contribution in [0.4, 0.5) is 0 Å². The van der Waals surface area contributed by atoms with Crippen molar-refractivity contribution in [2.75, 3.05) is 32.1 Å². The molecule has 72 valence electrons. The number of alkyl halides is 1. The smallest absolute Gasteiger partial charge is 0.0474 e. The molecule has 1 rings (SSSR count). The minimum atomic E-state index is 0.888. The second-order valence-electron chi connectivity index (χ2n) is 3.30. The third kappa shape index (κ3) is 3.87. The number of nitrogens with zero attached hydrogens (tertiary/aromatic N) is 1. The van der Waals surface area contributed by atoms with Crippen LogP contribution in [0.15, 0.2) is 0 Å². The van der Waals surface area contributed by atoms with Crippen molar-refractivity contribution in [2.24, 2.45) is 0 Å². The molecule has 2 nitrogen and oxygen atoms in total. The van der Waals surface area contributed by atoms with Gasteiger partial charge in [-0.15, -0.1) is 0 Å². The maximum atomic E-state index is 5.03. The molecule has 1 fully saturated rings. The van der Waals surface area contributed by atoms with Gasteiger partial charge in [0.05, 0.1) is 0 Å². The summed E-state index contributed by atoms with van der Waals surface area (Å²) in [6, 6.07) is 0.888. The van der Waals surface area contributed by atoms with Crippen molar-refractivity contribution in [3.63, 3.8) is 0 Å². The zero-order chi connectivity index (χ0) is 8.81. The van der Waals surface area contributed by atoms with Gasteiger partial charge in [-0.05, 0) is 19.3 Å². The highest BCUT2D eigenvalue weighted by atomic mass is 79.9. The second kappa shape index (κ2) is 5.95. The van der Waals surface area contributed by atoms with E-state index >= 15 is 0 Å². The minimum Gasteiger partial charge on any atom is -0.385 e. The standard InChI is InChI=1S/C9H18BrNO/c1-12-8-2-6-11(7-5-10)9-3-4-9/h9H,2-8H2,1H3. The monoisotopic (exact) mass is 235 g/mol. The van der Waals surface area contributed by atoms with Gasteiger partial charge in [-0.2, -0.15) is 0 Å². The van der Waals surface area contributed by atoms with Crippen LogP contribution in [0.1, 0.15) is 19.3 Å². The van der Waals surface area contributed by atoms with E-state index in [0.717, 1.165) is 18.0 Å². The van der Waals surface area contributed by atoms with Gasteiger partial charge in [-0.3, -0.25) is 4.90 Å². The Kier molecular flexibility index (Phi) is 5.19. The average Bonchev–Trinajstić information content (AvgIpc) is 2.86. The third-order valence-electron chi connectivity index (χ3n) is 2.23. The van der Waals surface area contributed by atoms with Crippen LogP contribution in [-0.4, -0.2) is 43.1 Å². The van der Waals surface area contributed by atoms with Crippen LogP contribution in [0.25, 0.3) is 0 Å². The predicted octanol–water partition coefficient (Wildman–Crippen LogP) is 1.88. The molecule has 12 heavy (non-hydrogen) atoms. The summed E-state index contributed by atoms with van der Waals surface area (Å²) in [4.78, 5) is 2.56. The van der Waals surface area contributed by atoms with E-state index in [4.69, 9.17) is 4.74 Å². The Morgan fingerprint density at radius 3 is 2.67 bits per heavy atom. The first-order valence-corrected chi connectivity index (χ1v) is 5.79. The van der Waals surface area contributed by atoms with E-state index in [1.54, 1.807) is 7.11 Å². The van der Waals surface area contributed by atoms with Gasteiger partial charge in [0.25, 0.3) is 0 Å². The van der Waals surface area contributed by atoms with Gasteiger partial charge in [0.1, 0.15) is 0 Å². The number of hydrogen-bond acceptors (Lipinski definition) is 2. The fourth-order valence-electron chi connectivity index (χ4n) is 1.44. The molecule has 0 atom stereocenters. The molecule has 0 N–H and O–H groups in total. The molecule has 1 saturated carbocycles. The lowest BCUT2D eigenvalue weighted by molar-refractivity contribution is 0.172. The lowest BCUT2D eigenvalue weighted by Gasteiger charge is -2.20. The summed E-state index contributed by atoms with van der Waals surface area (Å²) >= 11 is 3.48. The lowest BCUT2D eigenvalue weighted by Crippen LogP contribution is -2.29. The SMILES string of the molecule is COCCCN(CCBr)C1CC1. The maximum Gasteiger partial charge on any atom is 0.0474 e. The van der Waals surface area contributed by atoms with Crippen LogP contribution in [0, 0.1) is 0 Å². The Bertz CT molecular complexity index is 117. The normalized spacial score (nSPS) is 17.2. The molecule has 0 spiro atoms. The van der Waals surface area contributed by atoms with Gasteiger partial charge in [-0.25, -0.2) is 0 Å². The van der Waals surface area contributed by atoms with Crippen molar-refractivity contribution in [1.82, 2.24) is 4.90 Å². The Labute approximate surface area is 83.4 Å². The Balaban J connectivity index is 2.05. The molecular formula is C9H18BrNO. The van der Waals surface area contributed by atoms with E-state index in [2.05, 4.69) is 20.8 Å². The fourth-order valence-corrected chi connectivity index (χ4v) is 1.89. The average molecular weight is 236 g/mol. The van der Waals surface area contributed by atoms with Crippen molar-refractivity contribution >= 4 is 15.9 Å². The fraction of sp³-hybridized carbons (Fsp3) is 1.00. The quantitative estimate of drug-likeness (QED) is 0.494.